The number of nitrogens with one attached hydrogen (secondary N) is 1. The molecule has 0 aromatic heterocycles. The lowest BCUT2D eigenvalue weighted by molar-refractivity contribution is 1.10. The number of hydrogen-bond acceptors (Lipinski definition) is 2. The van der Waals surface area contributed by atoms with Gasteiger partial charge in [-0.3, -0.25) is 0 Å². The lowest BCUT2D eigenvalue weighted by Gasteiger charge is -1.93. The lowest BCUT2D eigenvalue weighted by Crippen LogP contribution is -2.02. The van der Waals surface area contributed by atoms with E-state index in [1.807, 2.05) is 12.2 Å². The van der Waals surface area contributed by atoms with Crippen LogP contribution in [0, 0.1) is 5.41 Å². The minimum atomic E-state index is 0.441. The fraction of sp³-hybridized carbons (Fsp3) is 0.444. The second kappa shape index (κ2) is 5.86. The molecule has 62 valence electrons. The van der Waals surface area contributed by atoms with Crippen LogP contribution < -0.4 is 5.73 Å². The first kappa shape index (κ1) is 10.1. The highest BCUT2D eigenvalue weighted by molar-refractivity contribution is 5.76. The van der Waals surface area contributed by atoms with E-state index in [4.69, 9.17) is 11.1 Å². The maximum Gasteiger partial charge on any atom is 0.0222 e. The first-order chi connectivity index (χ1) is 5.24. The van der Waals surface area contributed by atoms with Gasteiger partial charge < -0.3 is 11.1 Å². The molecule has 11 heavy (non-hydrogen) atoms. The van der Waals surface area contributed by atoms with E-state index < -0.39 is 0 Å². The van der Waals surface area contributed by atoms with Crippen molar-refractivity contribution >= 4 is 6.21 Å². The average Bonchev–Trinajstić information content (AvgIpc) is 2.06. The minimum absolute atomic E-state index is 0.441. The summed E-state index contributed by atoms with van der Waals surface area (Å²) in [7, 11) is 0. The Morgan fingerprint density at radius 2 is 2.09 bits per heavy atom. The third kappa shape index (κ3) is 4.51. The molecule has 0 fully saturated rings. The van der Waals surface area contributed by atoms with Gasteiger partial charge in [0, 0.05) is 12.8 Å². The Labute approximate surface area is 68.3 Å². The highest BCUT2D eigenvalue weighted by Gasteiger charge is 1.85. The highest BCUT2D eigenvalue weighted by Crippen LogP contribution is 1.99. The minimum Gasteiger partial charge on any atom is -0.326 e. The number of nitrogens with two attached hydrogens (primary N) is 1. The van der Waals surface area contributed by atoms with Crippen molar-refractivity contribution in [1.29, 1.82) is 5.41 Å². The Balaban J connectivity index is 4.17. The van der Waals surface area contributed by atoms with Crippen LogP contribution >= 0.6 is 0 Å². The predicted octanol–water partition coefficient (Wildman–Crippen LogP) is 1.88. The van der Waals surface area contributed by atoms with E-state index in [2.05, 4.69) is 13.8 Å². The van der Waals surface area contributed by atoms with Gasteiger partial charge >= 0.3 is 0 Å². The van der Waals surface area contributed by atoms with Gasteiger partial charge in [0.05, 0.1) is 0 Å². The topological polar surface area (TPSA) is 49.9 Å². The van der Waals surface area contributed by atoms with Crippen LogP contribution in [0.4, 0.5) is 0 Å². The van der Waals surface area contributed by atoms with Crippen LogP contribution in [0.1, 0.15) is 20.3 Å². The molecule has 0 saturated heterocycles. The smallest absolute Gasteiger partial charge is 0.0222 e. The lowest BCUT2D eigenvalue weighted by atomic mass is 10.2. The molecule has 0 saturated carbocycles. The summed E-state index contributed by atoms with van der Waals surface area (Å²) >= 11 is 0. The quantitative estimate of drug-likeness (QED) is 0.469. The fourth-order valence-corrected chi connectivity index (χ4v) is 0.542. The van der Waals surface area contributed by atoms with Crippen molar-refractivity contribution in [2.75, 3.05) is 6.54 Å². The van der Waals surface area contributed by atoms with E-state index in [0.717, 1.165) is 12.0 Å². The van der Waals surface area contributed by atoms with Crippen molar-refractivity contribution in [3.8, 4) is 0 Å². The normalized spacial score (nSPS) is 13.4. The largest absolute Gasteiger partial charge is 0.326 e. The van der Waals surface area contributed by atoms with Crippen LogP contribution in [0.5, 0.6) is 0 Å². The fourth-order valence-electron chi connectivity index (χ4n) is 0.542. The molecule has 3 N–H and O–H groups in total. The molecule has 0 atom stereocenters. The molecule has 0 aromatic carbocycles. The van der Waals surface area contributed by atoms with Gasteiger partial charge in [-0.15, -0.1) is 0 Å². The van der Waals surface area contributed by atoms with Crippen LogP contribution in [0.2, 0.25) is 0 Å². The molecule has 0 aliphatic heterocycles. The molecule has 2 nitrogen and oxygen atoms in total. The molecule has 0 rings (SSSR count). The van der Waals surface area contributed by atoms with Gasteiger partial charge in [-0.25, -0.2) is 0 Å². The van der Waals surface area contributed by atoms with Gasteiger partial charge in [0.2, 0.25) is 0 Å². The van der Waals surface area contributed by atoms with Crippen molar-refractivity contribution in [2.24, 2.45) is 5.73 Å². The van der Waals surface area contributed by atoms with Crippen LogP contribution in [0.3, 0.4) is 0 Å². The first-order valence-electron chi connectivity index (χ1n) is 3.81. The van der Waals surface area contributed by atoms with E-state index in [0.29, 0.717) is 6.54 Å². The maximum absolute atomic E-state index is 6.96. The zero-order valence-corrected chi connectivity index (χ0v) is 7.22. The summed E-state index contributed by atoms with van der Waals surface area (Å²) in [6.45, 7) is 4.61. The predicted molar refractivity (Wildman–Crippen MR) is 50.0 cm³/mol. The van der Waals surface area contributed by atoms with Gasteiger partial charge in [0.1, 0.15) is 0 Å². The Kier molecular flexibility index (Phi) is 5.39. The summed E-state index contributed by atoms with van der Waals surface area (Å²) in [6, 6.07) is 0. The van der Waals surface area contributed by atoms with Crippen LogP contribution in [0.15, 0.2) is 23.3 Å². The molecule has 0 amide bonds. The zero-order valence-electron chi connectivity index (χ0n) is 7.22. The highest BCUT2D eigenvalue weighted by atomic mass is 14.5. The molecule has 2 heteroatoms. The third-order valence-electron chi connectivity index (χ3n) is 1.56. The van der Waals surface area contributed by atoms with E-state index in [-0.39, 0.29) is 0 Å². The Morgan fingerprint density at radius 1 is 1.45 bits per heavy atom. The first-order valence-corrected chi connectivity index (χ1v) is 3.81. The van der Waals surface area contributed by atoms with E-state index >= 15 is 0 Å². The van der Waals surface area contributed by atoms with E-state index in [9.17, 15) is 0 Å². The summed E-state index contributed by atoms with van der Waals surface area (Å²) < 4.78 is 0. The number of hydrogen-bond donors (Lipinski definition) is 2. The maximum atomic E-state index is 6.96. The van der Waals surface area contributed by atoms with Crippen molar-refractivity contribution in [2.45, 2.75) is 20.3 Å². The molecule has 0 radical (unpaired) electrons. The van der Waals surface area contributed by atoms with Crippen molar-refractivity contribution < 1.29 is 0 Å². The standard InChI is InChI=1S/C9H16N2/c1-3-8(2)4-5-9(6-10)7-11/h4-6,10H,3,7,11H2,1-2H3/b8-4+,9-5+,10-6?. The van der Waals surface area contributed by atoms with Crippen molar-refractivity contribution in [3.63, 3.8) is 0 Å². The average molecular weight is 152 g/mol. The summed E-state index contributed by atoms with van der Waals surface area (Å²) in [5.74, 6) is 0. The Morgan fingerprint density at radius 3 is 2.45 bits per heavy atom. The second-order valence-corrected chi connectivity index (χ2v) is 2.46. The molecule has 0 aliphatic carbocycles. The Hall–Kier alpha value is -0.890. The van der Waals surface area contributed by atoms with Gasteiger partial charge in [0.25, 0.3) is 0 Å². The van der Waals surface area contributed by atoms with Gasteiger partial charge in [-0.1, -0.05) is 24.6 Å². The molecule has 0 spiro atoms. The third-order valence-corrected chi connectivity index (χ3v) is 1.56. The van der Waals surface area contributed by atoms with Crippen LogP contribution in [-0.2, 0) is 0 Å². The van der Waals surface area contributed by atoms with Gasteiger partial charge in [-0.2, -0.15) is 0 Å². The SMILES string of the molecule is CC/C(C)=C/C=C(\C=N)CN. The van der Waals surface area contributed by atoms with Crippen molar-refractivity contribution in [1.82, 2.24) is 0 Å². The number of rotatable bonds is 4. The summed E-state index contributed by atoms with van der Waals surface area (Å²) in [5.41, 5.74) is 7.52. The summed E-state index contributed by atoms with van der Waals surface area (Å²) in [4.78, 5) is 0. The molecular formula is C9H16N2. The van der Waals surface area contributed by atoms with E-state index in [1.165, 1.54) is 11.8 Å². The summed E-state index contributed by atoms with van der Waals surface area (Å²) in [6.07, 6.45) is 6.24. The Bertz CT molecular complexity index is 178. The number of allylic oxidation sites excluding steroid dienone is 3. The van der Waals surface area contributed by atoms with Crippen molar-refractivity contribution in [3.05, 3.63) is 23.3 Å². The monoisotopic (exact) mass is 152 g/mol. The zero-order chi connectivity index (χ0) is 8.69. The molecule has 0 heterocycles. The second-order valence-electron chi connectivity index (χ2n) is 2.46. The van der Waals surface area contributed by atoms with E-state index in [1.54, 1.807) is 0 Å². The molecule has 0 unspecified atom stereocenters. The van der Waals surface area contributed by atoms with Crippen LogP contribution in [0.25, 0.3) is 0 Å². The molecule has 0 bridgehead atoms. The van der Waals surface area contributed by atoms with Gasteiger partial charge in [0.15, 0.2) is 0 Å². The molecular weight excluding hydrogens is 136 g/mol. The summed E-state index contributed by atoms with van der Waals surface area (Å²) in [5, 5.41) is 6.96. The molecule has 0 aliphatic rings. The van der Waals surface area contributed by atoms with Gasteiger partial charge in [-0.05, 0) is 18.9 Å². The van der Waals surface area contributed by atoms with Crippen LogP contribution in [-0.4, -0.2) is 12.8 Å². The molecule has 0 aromatic rings.